The van der Waals surface area contributed by atoms with Gasteiger partial charge in [-0.05, 0) is 207 Å². The Bertz CT molecular complexity index is 7810. The number of methoxy groups -OCH3 is 1. The van der Waals surface area contributed by atoms with Crippen LogP contribution in [0.2, 0.25) is 0 Å². The molecule has 4 aromatic heterocycles. The van der Waals surface area contributed by atoms with Crippen LogP contribution >= 0.6 is 0 Å². The third-order valence-corrected chi connectivity index (χ3v) is 22.4. The van der Waals surface area contributed by atoms with Crippen LogP contribution in [0.25, 0.3) is 198 Å². The van der Waals surface area contributed by atoms with Crippen molar-refractivity contribution in [3.63, 3.8) is 0 Å². The number of aromatic nitrogens is 8. The number of aromatic hydroxyl groups is 4. The van der Waals surface area contributed by atoms with Crippen LogP contribution in [0.1, 0.15) is 20.8 Å². The quantitative estimate of drug-likeness (QED) is 0.0554. The van der Waals surface area contributed by atoms with Crippen molar-refractivity contribution in [2.75, 3.05) is 26.9 Å². The molecule has 0 saturated heterocycles. The Balaban J connectivity index is 0.000000109. The average molecular weight is 1630 g/mol. The number of ether oxygens (including phenoxy) is 4. The third-order valence-electron chi connectivity index (χ3n) is 22.4. The van der Waals surface area contributed by atoms with Crippen molar-refractivity contribution in [2.24, 2.45) is 0 Å². The lowest BCUT2D eigenvalue weighted by atomic mass is 9.91. The van der Waals surface area contributed by atoms with E-state index in [0.29, 0.717) is 88.9 Å². The minimum atomic E-state index is 0.136. The van der Waals surface area contributed by atoms with Crippen LogP contribution in [0, 0.1) is 0 Å². The van der Waals surface area contributed by atoms with E-state index in [4.69, 9.17) is 38.9 Å². The minimum absolute atomic E-state index is 0.136. The predicted molar refractivity (Wildman–Crippen MR) is 505 cm³/mol. The Morgan fingerprint density at radius 2 is 0.568 bits per heavy atom. The van der Waals surface area contributed by atoms with E-state index in [1.807, 2.05) is 112 Å². The zero-order valence-electron chi connectivity index (χ0n) is 68.6. The summed E-state index contributed by atoms with van der Waals surface area (Å²) in [5.74, 6) is 4.19. The van der Waals surface area contributed by atoms with E-state index in [1.54, 1.807) is 67.8 Å². The Kier molecular flexibility index (Phi) is 21.5. The van der Waals surface area contributed by atoms with E-state index < -0.39 is 0 Å². The molecule has 0 saturated carbocycles. The number of nitrogens with zero attached hydrogens (tertiary/aromatic N) is 8. The van der Waals surface area contributed by atoms with Gasteiger partial charge in [0.1, 0.15) is 23.0 Å². The molecular formula is C109H80N8O8. The van der Waals surface area contributed by atoms with Crippen molar-refractivity contribution < 1.29 is 39.4 Å². The van der Waals surface area contributed by atoms with Crippen molar-refractivity contribution in [3.05, 3.63) is 352 Å². The van der Waals surface area contributed by atoms with Gasteiger partial charge < -0.3 is 39.4 Å². The van der Waals surface area contributed by atoms with Crippen LogP contribution in [0.3, 0.4) is 0 Å². The van der Waals surface area contributed by atoms with Crippen LogP contribution in [-0.4, -0.2) is 87.2 Å². The summed E-state index contributed by atoms with van der Waals surface area (Å²) < 4.78 is 22.7. The van der Waals surface area contributed by atoms with Crippen LogP contribution < -0.4 is 18.9 Å². The molecule has 125 heavy (non-hydrogen) atoms. The number of rotatable bonds is 15. The van der Waals surface area contributed by atoms with Gasteiger partial charge in [0.25, 0.3) is 0 Å². The number of hydrogen-bond acceptors (Lipinski definition) is 16. The van der Waals surface area contributed by atoms with Gasteiger partial charge in [0.15, 0.2) is 23.3 Å². The average Bonchev–Trinajstić information content (AvgIpc) is 0.737. The molecule has 604 valence electrons. The topological polar surface area (TPSA) is 221 Å². The highest BCUT2D eigenvalue weighted by Crippen LogP contribution is 2.45. The van der Waals surface area contributed by atoms with Gasteiger partial charge in [-0.3, -0.25) is 0 Å². The second kappa shape index (κ2) is 34.3. The van der Waals surface area contributed by atoms with Crippen LogP contribution in [0.4, 0.5) is 0 Å². The molecule has 0 amide bonds. The maximum Gasteiger partial charge on any atom is 0.217 e. The van der Waals surface area contributed by atoms with Gasteiger partial charge in [-0.15, -0.1) is 0 Å². The second-order valence-corrected chi connectivity index (χ2v) is 30.0. The number of para-hydroxylation sites is 4. The van der Waals surface area contributed by atoms with Crippen LogP contribution in [0.15, 0.2) is 352 Å². The maximum absolute atomic E-state index is 10.5. The Morgan fingerprint density at radius 3 is 1.10 bits per heavy atom. The molecule has 4 heterocycles. The smallest absolute Gasteiger partial charge is 0.217 e. The molecule has 0 fully saturated rings. The highest BCUT2D eigenvalue weighted by molar-refractivity contribution is 6.26. The van der Waals surface area contributed by atoms with Gasteiger partial charge >= 0.3 is 0 Å². The molecular weight excluding hydrogens is 1550 g/mol. The monoisotopic (exact) mass is 1630 g/mol. The normalized spacial score (nSPS) is 11.3. The first-order valence-electron chi connectivity index (χ1n) is 41.4. The number of hydrogen-bond donors (Lipinski definition) is 4. The highest BCUT2D eigenvalue weighted by atomic mass is 16.5. The summed E-state index contributed by atoms with van der Waals surface area (Å²) in [6.45, 7) is 7.25. The molecule has 0 aliphatic carbocycles. The molecule has 0 aliphatic rings. The van der Waals surface area contributed by atoms with Crippen molar-refractivity contribution in [3.8, 4) is 137 Å². The zero-order chi connectivity index (χ0) is 85.0. The van der Waals surface area contributed by atoms with E-state index >= 15 is 0 Å². The summed E-state index contributed by atoms with van der Waals surface area (Å²) in [5, 5.41) is 65.0. The molecule has 4 N–H and O–H groups in total. The third kappa shape index (κ3) is 15.7. The van der Waals surface area contributed by atoms with E-state index in [2.05, 4.69) is 220 Å². The lowest BCUT2D eigenvalue weighted by Gasteiger charge is -2.14. The molecule has 0 atom stereocenters. The van der Waals surface area contributed by atoms with E-state index in [-0.39, 0.29) is 23.0 Å². The fourth-order valence-corrected chi connectivity index (χ4v) is 16.6. The maximum atomic E-state index is 10.5. The van der Waals surface area contributed by atoms with E-state index in [9.17, 15) is 20.4 Å². The van der Waals surface area contributed by atoms with Gasteiger partial charge in [0.05, 0.1) is 72.0 Å². The second-order valence-electron chi connectivity index (χ2n) is 30.0. The van der Waals surface area contributed by atoms with Gasteiger partial charge in [0, 0.05) is 46.5 Å². The molecule has 0 spiro atoms. The van der Waals surface area contributed by atoms with Gasteiger partial charge in [0.2, 0.25) is 23.5 Å². The number of benzene rings is 18. The van der Waals surface area contributed by atoms with Crippen molar-refractivity contribution in [2.45, 2.75) is 20.8 Å². The van der Waals surface area contributed by atoms with Crippen LogP contribution in [-0.2, 0) is 0 Å². The molecule has 16 heteroatoms. The summed E-state index contributed by atoms with van der Waals surface area (Å²) in [5.41, 5.74) is 9.31. The summed E-state index contributed by atoms with van der Waals surface area (Å²) in [6, 6.07) is 116. The first kappa shape index (κ1) is 78.4. The summed E-state index contributed by atoms with van der Waals surface area (Å²) in [6.07, 6.45) is 0. The molecule has 0 radical (unpaired) electrons. The number of fused-ring (bicyclic) bond motifs is 9. The highest BCUT2D eigenvalue weighted by Gasteiger charge is 2.23. The largest absolute Gasteiger partial charge is 0.507 e. The van der Waals surface area contributed by atoms with E-state index in [1.165, 1.54) is 70.0 Å². The van der Waals surface area contributed by atoms with Crippen molar-refractivity contribution >= 4 is 108 Å². The first-order valence-corrected chi connectivity index (χ1v) is 41.4. The molecule has 22 aromatic rings. The van der Waals surface area contributed by atoms with E-state index in [0.717, 1.165) is 82.7 Å². The summed E-state index contributed by atoms with van der Waals surface area (Å²) in [7, 11) is 1.59. The lowest BCUT2D eigenvalue weighted by Crippen LogP contribution is -2.00. The number of phenols is 4. The van der Waals surface area contributed by atoms with Crippen LogP contribution in [0.5, 0.6) is 46.5 Å². The molecule has 16 nitrogen and oxygen atoms in total. The van der Waals surface area contributed by atoms with Gasteiger partial charge in [-0.1, -0.05) is 249 Å². The summed E-state index contributed by atoms with van der Waals surface area (Å²) >= 11 is 0. The minimum Gasteiger partial charge on any atom is -0.507 e. The Morgan fingerprint density at radius 1 is 0.216 bits per heavy atom. The lowest BCUT2D eigenvalue weighted by molar-refractivity contribution is 0.326. The molecule has 0 bridgehead atoms. The Hall–Kier alpha value is -16.5. The predicted octanol–water partition coefficient (Wildman–Crippen LogP) is 26.2. The molecule has 0 aliphatic heterocycles. The standard InChI is InChI=1S/C30H22N2O2.C27H18N2O2.2C26H20N2O2/c1-2-34-29-18-27(31-30(32-29)24-13-7-8-14-28(24)33)26-17-25-20-10-4-3-9-19(20)15-16-23(25)21-11-5-6-12-22(21)26;1-31-24-15-22(28-27(29-24)21-7-2-3-8-23(21)30)19-13-11-18-10-9-16-5-4-6-17-12-14-20(19)26(18)25(16)17;1-2-30-24-16-22(27-26(28-24)21-13-7-8-14-23(21)29)25-19-11-5-3-9-17(19)15-18-10-4-6-12-20(18)25;1-2-30-25-16-23(27-26(28-25)22-9-5-6-10-24(22)29)20-12-11-19-13-17-7-3-4-8-18(17)14-21(19)15-20/h3-18,33H,2H2,1H3;2-15,30H,1H3;2*3-16,29H,2H2,1H3. The molecule has 18 aromatic carbocycles. The van der Waals surface area contributed by atoms with Gasteiger partial charge in [-0.25, -0.2) is 19.9 Å². The fourth-order valence-electron chi connectivity index (χ4n) is 16.6. The summed E-state index contributed by atoms with van der Waals surface area (Å²) in [4.78, 5) is 37.4. The molecule has 0 unspecified atom stereocenters. The van der Waals surface area contributed by atoms with Gasteiger partial charge in [-0.2, -0.15) is 19.9 Å². The Labute approximate surface area is 719 Å². The number of phenolic OH excluding ortho intramolecular Hbond substituents is 4. The van der Waals surface area contributed by atoms with Crippen molar-refractivity contribution in [1.29, 1.82) is 0 Å². The first-order chi connectivity index (χ1) is 61.4. The SMILES string of the molecule is CCOc1cc(-c2c3ccccc3cc3ccccc23)nc(-c2ccccc2O)n1.CCOc1cc(-c2cc3c4ccccc4ccc3c3ccccc23)nc(-c2ccccc2O)n1.CCOc1cc(-c2ccc3cc4ccccc4cc3c2)nc(-c2ccccc2O)n1.COc1cc(-c2ccc3ccc4cccc5ccc2c3c45)nc(-c2ccccc2O)n1. The van der Waals surface area contributed by atoms with Crippen molar-refractivity contribution in [1.82, 2.24) is 39.9 Å². The molecule has 22 rings (SSSR count). The zero-order valence-corrected chi connectivity index (χ0v) is 68.6. The fraction of sp³-hybridized carbons (Fsp3) is 0.0642.